The van der Waals surface area contributed by atoms with E-state index in [-0.39, 0.29) is 29.7 Å². The van der Waals surface area contributed by atoms with Gasteiger partial charge in [0.25, 0.3) is 0 Å². The van der Waals surface area contributed by atoms with E-state index in [1.807, 2.05) is 24.3 Å². The SMILES string of the molecule is O=C(NCCCCCC(=O)N1CC2CC1C2C(=O)O)OCC1c2ccccc2-c2ccccc21. The lowest BCUT2D eigenvalue weighted by Crippen LogP contribution is -2.45. The summed E-state index contributed by atoms with van der Waals surface area (Å²) in [5, 5.41) is 12.0. The molecular weight excluding hydrogens is 432 g/mol. The second-order valence-electron chi connectivity index (χ2n) is 9.54. The highest BCUT2D eigenvalue weighted by atomic mass is 16.5. The fourth-order valence-electron chi connectivity index (χ4n) is 5.83. The van der Waals surface area contributed by atoms with Gasteiger partial charge in [-0.2, -0.15) is 0 Å². The van der Waals surface area contributed by atoms with Crippen molar-refractivity contribution in [2.75, 3.05) is 19.7 Å². The predicted octanol–water partition coefficient (Wildman–Crippen LogP) is 4.02. The Morgan fingerprint density at radius 2 is 1.65 bits per heavy atom. The minimum absolute atomic E-state index is 0.0431. The zero-order valence-corrected chi connectivity index (χ0v) is 19.1. The fraction of sp³-hybridized carbons (Fsp3) is 0.444. The molecule has 3 atom stereocenters. The molecule has 2 aliphatic heterocycles. The Morgan fingerprint density at radius 3 is 2.29 bits per heavy atom. The van der Waals surface area contributed by atoms with Gasteiger partial charge in [0.2, 0.25) is 5.91 Å². The van der Waals surface area contributed by atoms with Gasteiger partial charge in [-0.1, -0.05) is 55.0 Å². The Bertz CT molecular complexity index is 1050. The van der Waals surface area contributed by atoms with Crippen LogP contribution in [0.15, 0.2) is 48.5 Å². The predicted molar refractivity (Wildman–Crippen MR) is 126 cm³/mol. The number of hydrogen-bond acceptors (Lipinski definition) is 4. The first-order valence-corrected chi connectivity index (χ1v) is 12.2. The lowest BCUT2D eigenvalue weighted by Gasteiger charge is -2.33. The minimum atomic E-state index is -0.782. The molecule has 0 spiro atoms. The van der Waals surface area contributed by atoms with Crippen molar-refractivity contribution in [2.24, 2.45) is 11.8 Å². The molecule has 4 aliphatic rings. The largest absolute Gasteiger partial charge is 0.481 e. The maximum atomic E-state index is 12.4. The smallest absolute Gasteiger partial charge is 0.407 e. The molecule has 3 unspecified atom stereocenters. The third-order valence-corrected chi connectivity index (χ3v) is 7.58. The van der Waals surface area contributed by atoms with Crippen LogP contribution in [0.25, 0.3) is 11.1 Å². The summed E-state index contributed by atoms with van der Waals surface area (Å²) < 4.78 is 5.54. The van der Waals surface area contributed by atoms with Crippen molar-refractivity contribution in [3.8, 4) is 11.1 Å². The summed E-state index contributed by atoms with van der Waals surface area (Å²) in [6, 6.07) is 16.4. The van der Waals surface area contributed by atoms with Crippen LogP contribution in [0.4, 0.5) is 4.79 Å². The van der Waals surface area contributed by atoms with Gasteiger partial charge in [0.05, 0.1) is 5.92 Å². The molecule has 3 fully saturated rings. The van der Waals surface area contributed by atoms with Crippen molar-refractivity contribution in [1.82, 2.24) is 10.2 Å². The van der Waals surface area contributed by atoms with E-state index in [0.717, 1.165) is 25.7 Å². The first-order chi connectivity index (χ1) is 16.5. The molecule has 2 bridgehead atoms. The van der Waals surface area contributed by atoms with Crippen molar-refractivity contribution >= 4 is 18.0 Å². The Hall–Kier alpha value is -3.35. The molecule has 1 saturated carbocycles. The monoisotopic (exact) mass is 462 g/mol. The Labute approximate surface area is 199 Å². The standard InChI is InChI=1S/C27H30N2O5/c30-24(29-15-17-14-23(29)25(17)26(31)32)12-2-1-7-13-28-27(33)34-16-22-20-10-5-3-8-18(20)19-9-4-6-11-21(19)22/h3-6,8-11,17,22-23,25H,1-2,7,12-16H2,(H,28,33)(H,31,32). The van der Waals surface area contributed by atoms with Crippen molar-refractivity contribution in [3.05, 3.63) is 59.7 Å². The Morgan fingerprint density at radius 1 is 0.971 bits per heavy atom. The number of hydrogen-bond donors (Lipinski definition) is 2. The van der Waals surface area contributed by atoms with E-state index in [2.05, 4.69) is 29.6 Å². The molecular formula is C27H30N2O5. The van der Waals surface area contributed by atoms with E-state index in [1.54, 1.807) is 4.90 Å². The Balaban J connectivity index is 0.996. The van der Waals surface area contributed by atoms with Crippen LogP contribution in [0.1, 0.15) is 49.1 Å². The maximum absolute atomic E-state index is 12.4. The molecule has 0 radical (unpaired) electrons. The van der Waals surface area contributed by atoms with Gasteiger partial charge in [0.15, 0.2) is 0 Å². The zero-order chi connectivity index (χ0) is 23.7. The van der Waals surface area contributed by atoms with Gasteiger partial charge in [0, 0.05) is 31.5 Å². The van der Waals surface area contributed by atoms with Crippen molar-refractivity contribution in [1.29, 1.82) is 0 Å². The average Bonchev–Trinajstić information content (AvgIpc) is 3.50. The lowest BCUT2D eigenvalue weighted by atomic mass is 9.74. The normalized spacial score (nSPS) is 22.0. The van der Waals surface area contributed by atoms with Crippen LogP contribution in [0.5, 0.6) is 0 Å². The second kappa shape index (κ2) is 9.49. The molecule has 7 heteroatoms. The van der Waals surface area contributed by atoms with Gasteiger partial charge >= 0.3 is 12.1 Å². The van der Waals surface area contributed by atoms with Gasteiger partial charge in [-0.15, -0.1) is 0 Å². The van der Waals surface area contributed by atoms with Crippen molar-refractivity contribution in [3.63, 3.8) is 0 Å². The Kier molecular flexibility index (Phi) is 6.26. The molecule has 7 nitrogen and oxygen atoms in total. The number of aliphatic carboxylic acids is 1. The summed E-state index contributed by atoms with van der Waals surface area (Å²) in [5.41, 5.74) is 4.77. The van der Waals surface area contributed by atoms with E-state index in [1.165, 1.54) is 22.3 Å². The molecule has 2 amide bonds. The van der Waals surface area contributed by atoms with E-state index < -0.39 is 12.1 Å². The average molecular weight is 463 g/mol. The number of rotatable bonds is 9. The molecule has 2 aromatic carbocycles. The highest BCUT2D eigenvalue weighted by Crippen LogP contribution is 2.47. The summed E-state index contributed by atoms with van der Waals surface area (Å²) in [5.74, 6) is -0.920. The van der Waals surface area contributed by atoms with Gasteiger partial charge in [-0.05, 0) is 47.4 Å². The van der Waals surface area contributed by atoms with Crippen LogP contribution in [0, 0.1) is 11.8 Å². The maximum Gasteiger partial charge on any atom is 0.407 e. The van der Waals surface area contributed by atoms with Gasteiger partial charge in [-0.3, -0.25) is 9.59 Å². The quantitative estimate of drug-likeness (QED) is 0.549. The molecule has 2 saturated heterocycles. The van der Waals surface area contributed by atoms with E-state index >= 15 is 0 Å². The van der Waals surface area contributed by atoms with Gasteiger partial charge in [-0.25, -0.2) is 4.79 Å². The number of ether oxygens (including phenoxy) is 1. The first kappa shape index (κ1) is 22.4. The molecule has 2 heterocycles. The third-order valence-electron chi connectivity index (χ3n) is 7.58. The zero-order valence-electron chi connectivity index (χ0n) is 19.1. The number of carbonyl (C=O) groups excluding carboxylic acids is 2. The molecule has 6 rings (SSSR count). The number of alkyl carbamates (subject to hydrolysis) is 1. The number of carbonyl (C=O) groups is 3. The van der Waals surface area contributed by atoms with Crippen LogP contribution in [0.2, 0.25) is 0 Å². The van der Waals surface area contributed by atoms with Gasteiger partial charge < -0.3 is 20.1 Å². The third kappa shape index (κ3) is 4.15. The highest BCUT2D eigenvalue weighted by molar-refractivity contribution is 5.81. The highest BCUT2D eigenvalue weighted by Gasteiger charge is 2.56. The molecule has 2 aliphatic carbocycles. The van der Waals surface area contributed by atoms with E-state index in [9.17, 15) is 19.5 Å². The summed E-state index contributed by atoms with van der Waals surface area (Å²) in [7, 11) is 0. The van der Waals surface area contributed by atoms with Crippen LogP contribution in [0.3, 0.4) is 0 Å². The van der Waals surface area contributed by atoms with Crippen molar-refractivity contribution < 1.29 is 24.2 Å². The lowest BCUT2D eigenvalue weighted by molar-refractivity contribution is -0.148. The summed E-state index contributed by atoms with van der Waals surface area (Å²) in [6.07, 6.45) is 3.15. The molecule has 2 aromatic rings. The summed E-state index contributed by atoms with van der Waals surface area (Å²) >= 11 is 0. The molecule has 2 N–H and O–H groups in total. The van der Waals surface area contributed by atoms with E-state index in [0.29, 0.717) is 26.1 Å². The summed E-state index contributed by atoms with van der Waals surface area (Å²) in [4.78, 5) is 37.7. The van der Waals surface area contributed by atoms with Crippen LogP contribution < -0.4 is 5.32 Å². The van der Waals surface area contributed by atoms with Crippen LogP contribution >= 0.6 is 0 Å². The summed E-state index contributed by atoms with van der Waals surface area (Å²) in [6.45, 7) is 1.38. The van der Waals surface area contributed by atoms with E-state index in [4.69, 9.17) is 4.74 Å². The molecule has 34 heavy (non-hydrogen) atoms. The van der Waals surface area contributed by atoms with Gasteiger partial charge in [0.1, 0.15) is 6.61 Å². The number of unbranched alkanes of at least 4 members (excludes halogenated alkanes) is 2. The van der Waals surface area contributed by atoms with Crippen LogP contribution in [-0.2, 0) is 14.3 Å². The second-order valence-corrected chi connectivity index (χ2v) is 9.54. The number of amides is 2. The number of carboxylic acid groups (broad SMARTS) is 1. The molecule has 178 valence electrons. The topological polar surface area (TPSA) is 95.9 Å². The van der Waals surface area contributed by atoms with Crippen molar-refractivity contribution in [2.45, 2.75) is 44.1 Å². The first-order valence-electron chi connectivity index (χ1n) is 12.2. The number of carboxylic acids is 1. The number of fused-ring (bicyclic) bond motifs is 4. The number of benzene rings is 2. The number of nitrogens with zero attached hydrogens (tertiary/aromatic N) is 1. The minimum Gasteiger partial charge on any atom is -0.481 e. The molecule has 0 aromatic heterocycles. The number of nitrogens with one attached hydrogen (secondary N) is 1. The van der Waals surface area contributed by atoms with Crippen LogP contribution in [-0.4, -0.2) is 53.7 Å². The fourth-order valence-corrected chi connectivity index (χ4v) is 5.83.